The van der Waals surface area contributed by atoms with Crippen molar-refractivity contribution in [3.8, 4) is 0 Å². The molecule has 0 aromatic heterocycles. The van der Waals surface area contributed by atoms with Gasteiger partial charge in [0.15, 0.2) is 0 Å². The van der Waals surface area contributed by atoms with E-state index in [1.54, 1.807) is 6.29 Å². The maximum absolute atomic E-state index is 10.5. The Bertz CT molecular complexity index is 324. The Labute approximate surface area is 87.9 Å². The van der Waals surface area contributed by atoms with E-state index >= 15 is 0 Å². The Morgan fingerprint density at radius 2 is 2.07 bits per heavy atom. The summed E-state index contributed by atoms with van der Waals surface area (Å²) in [6, 6.07) is 8.82. The van der Waals surface area contributed by atoms with Crippen molar-refractivity contribution in [2.75, 3.05) is 6.54 Å². The number of carbonyl (C=O) groups excluding carboxylic acids is 1. The quantitative estimate of drug-likeness (QED) is 0.706. The number of benzene rings is 1. The molecule has 0 amide bonds. The zero-order valence-corrected chi connectivity index (χ0v) is 8.14. The number of hydrogen-bond donors (Lipinski definition) is 2. The largest absolute Gasteiger partial charge is 0.480 e. The van der Waals surface area contributed by atoms with Crippen LogP contribution in [-0.4, -0.2) is 29.9 Å². The molecule has 4 nitrogen and oxygen atoms in total. The molecule has 4 heteroatoms. The van der Waals surface area contributed by atoms with E-state index in [0.29, 0.717) is 6.42 Å². The lowest BCUT2D eigenvalue weighted by molar-refractivity contribution is -0.136. The van der Waals surface area contributed by atoms with Crippen LogP contribution in [0.4, 0.5) is 0 Å². The molecular formula is C11H12NO3. The molecule has 0 aliphatic carbocycles. The highest BCUT2D eigenvalue weighted by atomic mass is 16.4. The summed E-state index contributed by atoms with van der Waals surface area (Å²) in [7, 11) is 0. The Balaban J connectivity index is 2.47. The average Bonchev–Trinajstić information content (AvgIpc) is 2.25. The van der Waals surface area contributed by atoms with Crippen molar-refractivity contribution in [3.05, 3.63) is 35.9 Å². The fraction of sp³-hybridized carbons (Fsp3) is 0.273. The molecule has 0 heterocycles. The maximum Gasteiger partial charge on any atom is 0.317 e. The highest BCUT2D eigenvalue weighted by molar-refractivity contribution is 5.70. The molecule has 0 aliphatic heterocycles. The first-order valence-corrected chi connectivity index (χ1v) is 4.59. The van der Waals surface area contributed by atoms with Gasteiger partial charge in [-0.3, -0.25) is 14.9 Å². The van der Waals surface area contributed by atoms with Gasteiger partial charge in [-0.05, 0) is 12.0 Å². The van der Waals surface area contributed by atoms with Crippen LogP contribution >= 0.6 is 0 Å². The summed E-state index contributed by atoms with van der Waals surface area (Å²) < 4.78 is 0. The van der Waals surface area contributed by atoms with Gasteiger partial charge in [-0.1, -0.05) is 30.3 Å². The molecule has 1 aromatic carbocycles. The standard InChI is InChI=1S/C11H12NO3/c13-8-10(12-7-11(14)15)6-9-4-2-1-3-5-9/h1-5,10,12H,6-7H2,(H,14,15)/t10-/m1/s1. The summed E-state index contributed by atoms with van der Waals surface area (Å²) in [5, 5.41) is 11.0. The molecule has 0 unspecified atom stereocenters. The van der Waals surface area contributed by atoms with Crippen LogP contribution in [0, 0.1) is 0 Å². The van der Waals surface area contributed by atoms with E-state index in [4.69, 9.17) is 5.11 Å². The third-order valence-electron chi connectivity index (χ3n) is 1.92. The van der Waals surface area contributed by atoms with Gasteiger partial charge < -0.3 is 5.11 Å². The molecule has 0 spiro atoms. The molecule has 1 aromatic rings. The average molecular weight is 206 g/mol. The Hall–Kier alpha value is -1.68. The summed E-state index contributed by atoms with van der Waals surface area (Å²) in [5.41, 5.74) is 0.976. The Morgan fingerprint density at radius 1 is 1.40 bits per heavy atom. The van der Waals surface area contributed by atoms with Crippen LogP contribution in [0.5, 0.6) is 0 Å². The number of aliphatic carboxylic acids is 1. The summed E-state index contributed by atoms with van der Waals surface area (Å²) in [6.07, 6.45) is 2.24. The predicted molar refractivity (Wildman–Crippen MR) is 55.3 cm³/mol. The minimum absolute atomic E-state index is 0.229. The van der Waals surface area contributed by atoms with Gasteiger partial charge in [0, 0.05) is 0 Å². The molecule has 1 atom stereocenters. The van der Waals surface area contributed by atoms with Gasteiger partial charge in [-0.15, -0.1) is 0 Å². The lowest BCUT2D eigenvalue weighted by atomic mass is 10.1. The third kappa shape index (κ3) is 4.37. The summed E-state index contributed by atoms with van der Waals surface area (Å²) in [4.78, 5) is 20.8. The van der Waals surface area contributed by atoms with Crippen LogP contribution in [0.1, 0.15) is 5.56 Å². The summed E-state index contributed by atoms with van der Waals surface area (Å²) in [5.74, 6) is -0.983. The Kier molecular flexibility index (Phi) is 4.50. The fourth-order valence-corrected chi connectivity index (χ4v) is 1.22. The second-order valence-electron chi connectivity index (χ2n) is 3.13. The number of carboxylic acid groups (broad SMARTS) is 1. The molecule has 1 radical (unpaired) electrons. The van der Waals surface area contributed by atoms with Gasteiger partial charge in [0.1, 0.15) is 0 Å². The molecule has 1 rings (SSSR count). The first-order valence-electron chi connectivity index (χ1n) is 4.59. The van der Waals surface area contributed by atoms with Crippen molar-refractivity contribution >= 4 is 12.3 Å². The monoisotopic (exact) mass is 206 g/mol. The van der Waals surface area contributed by atoms with Crippen molar-refractivity contribution in [2.24, 2.45) is 0 Å². The molecule has 0 aliphatic rings. The van der Waals surface area contributed by atoms with Crippen LogP contribution in [0.2, 0.25) is 0 Å². The van der Waals surface area contributed by atoms with E-state index in [9.17, 15) is 9.59 Å². The third-order valence-corrected chi connectivity index (χ3v) is 1.92. The first-order chi connectivity index (χ1) is 7.22. The zero-order chi connectivity index (χ0) is 11.1. The highest BCUT2D eigenvalue weighted by Crippen LogP contribution is 2.01. The fourth-order valence-electron chi connectivity index (χ4n) is 1.22. The van der Waals surface area contributed by atoms with Gasteiger partial charge in [-0.2, -0.15) is 0 Å². The van der Waals surface area contributed by atoms with Crippen molar-refractivity contribution < 1.29 is 14.7 Å². The van der Waals surface area contributed by atoms with Gasteiger partial charge in [0.2, 0.25) is 6.29 Å². The number of hydrogen-bond acceptors (Lipinski definition) is 3. The van der Waals surface area contributed by atoms with Crippen LogP contribution in [0.3, 0.4) is 0 Å². The summed E-state index contributed by atoms with van der Waals surface area (Å²) in [6.45, 7) is -0.229. The number of carboxylic acids is 1. The van der Waals surface area contributed by atoms with Crippen LogP contribution in [0.25, 0.3) is 0 Å². The second kappa shape index (κ2) is 5.93. The van der Waals surface area contributed by atoms with E-state index in [1.165, 1.54) is 0 Å². The predicted octanol–water partition coefficient (Wildman–Crippen LogP) is 0.382. The molecular weight excluding hydrogens is 194 g/mol. The minimum atomic E-state index is -0.983. The van der Waals surface area contributed by atoms with Gasteiger partial charge in [-0.25, -0.2) is 0 Å². The van der Waals surface area contributed by atoms with Crippen molar-refractivity contribution in [1.82, 2.24) is 5.32 Å². The van der Waals surface area contributed by atoms with Crippen LogP contribution in [-0.2, 0) is 16.0 Å². The van der Waals surface area contributed by atoms with Crippen LogP contribution in [0.15, 0.2) is 30.3 Å². The molecule has 15 heavy (non-hydrogen) atoms. The Morgan fingerprint density at radius 3 is 2.60 bits per heavy atom. The van der Waals surface area contributed by atoms with E-state index < -0.39 is 12.0 Å². The topological polar surface area (TPSA) is 66.4 Å². The SMILES string of the molecule is O=[C][C@@H](Cc1ccccc1)NCC(=O)O. The highest BCUT2D eigenvalue weighted by Gasteiger charge is 2.09. The van der Waals surface area contributed by atoms with Crippen LogP contribution < -0.4 is 5.32 Å². The molecule has 2 N–H and O–H groups in total. The zero-order valence-electron chi connectivity index (χ0n) is 8.14. The van der Waals surface area contributed by atoms with Crippen molar-refractivity contribution in [3.63, 3.8) is 0 Å². The van der Waals surface area contributed by atoms with Crippen molar-refractivity contribution in [1.29, 1.82) is 0 Å². The van der Waals surface area contributed by atoms with Gasteiger partial charge in [0.05, 0.1) is 12.6 Å². The number of nitrogens with one attached hydrogen (secondary N) is 1. The maximum atomic E-state index is 10.5. The lowest BCUT2D eigenvalue weighted by Crippen LogP contribution is -2.36. The van der Waals surface area contributed by atoms with E-state index in [1.807, 2.05) is 30.3 Å². The number of carbonyl (C=O) groups is 1. The van der Waals surface area contributed by atoms with E-state index in [2.05, 4.69) is 5.32 Å². The first kappa shape index (κ1) is 11.4. The second-order valence-corrected chi connectivity index (χ2v) is 3.13. The van der Waals surface area contributed by atoms with E-state index in [0.717, 1.165) is 5.56 Å². The molecule has 79 valence electrons. The smallest absolute Gasteiger partial charge is 0.317 e. The normalized spacial score (nSPS) is 12.0. The summed E-state index contributed by atoms with van der Waals surface area (Å²) >= 11 is 0. The lowest BCUT2D eigenvalue weighted by Gasteiger charge is -2.09. The number of rotatable bonds is 6. The molecule has 0 saturated carbocycles. The molecule has 0 saturated heterocycles. The van der Waals surface area contributed by atoms with E-state index in [-0.39, 0.29) is 6.54 Å². The van der Waals surface area contributed by atoms with Crippen molar-refractivity contribution in [2.45, 2.75) is 12.5 Å². The molecule has 0 bridgehead atoms. The minimum Gasteiger partial charge on any atom is -0.480 e. The molecule has 0 fully saturated rings. The van der Waals surface area contributed by atoms with Gasteiger partial charge >= 0.3 is 5.97 Å². The van der Waals surface area contributed by atoms with Gasteiger partial charge in [0.25, 0.3) is 0 Å².